The molecular weight excluding hydrogens is 206 g/mol. The fourth-order valence-electron chi connectivity index (χ4n) is 1.50. The average Bonchev–Trinajstić information content (AvgIpc) is 2.83. The van der Waals surface area contributed by atoms with Gasteiger partial charge in [0.15, 0.2) is 5.76 Å². The molecule has 0 saturated heterocycles. The predicted octanol–water partition coefficient (Wildman–Crippen LogP) is 0.685. The summed E-state index contributed by atoms with van der Waals surface area (Å²) in [7, 11) is 0. The van der Waals surface area contributed by atoms with Crippen LogP contribution in [0.2, 0.25) is 0 Å². The molecule has 6 nitrogen and oxygen atoms in total. The van der Waals surface area contributed by atoms with Gasteiger partial charge in [-0.15, -0.1) is 10.2 Å². The number of hydrogen-bond acceptors (Lipinski definition) is 5. The molecule has 2 aromatic rings. The van der Waals surface area contributed by atoms with Crippen molar-refractivity contribution in [2.24, 2.45) is 0 Å². The zero-order chi connectivity index (χ0) is 10.8. The van der Waals surface area contributed by atoms with E-state index in [1.165, 1.54) is 12.8 Å². The van der Waals surface area contributed by atoms with Gasteiger partial charge in [-0.3, -0.25) is 0 Å². The lowest BCUT2D eigenvalue weighted by molar-refractivity contribution is 0.490. The fraction of sp³-hybridized carbons (Fsp3) is 0.500. The molecule has 84 valence electrons. The summed E-state index contributed by atoms with van der Waals surface area (Å²) in [5.74, 6) is 1.19. The summed E-state index contributed by atoms with van der Waals surface area (Å²) in [4.78, 5) is 1.59. The van der Waals surface area contributed by atoms with Gasteiger partial charge in [0.1, 0.15) is 0 Å². The first-order valence-electron chi connectivity index (χ1n) is 5.47. The molecule has 16 heavy (non-hydrogen) atoms. The van der Waals surface area contributed by atoms with Crippen LogP contribution in [0.1, 0.15) is 12.8 Å². The Morgan fingerprint density at radius 3 is 3.19 bits per heavy atom. The van der Waals surface area contributed by atoms with Gasteiger partial charge >= 0.3 is 0 Å². The quantitative estimate of drug-likeness (QED) is 0.801. The molecule has 2 heterocycles. The van der Waals surface area contributed by atoms with E-state index in [1.54, 1.807) is 11.1 Å². The number of rotatable bonds is 5. The molecule has 6 heteroatoms. The Hall–Kier alpha value is -1.69. The number of hydrogen-bond donors (Lipinski definition) is 1. The van der Waals surface area contributed by atoms with E-state index in [4.69, 9.17) is 4.42 Å². The van der Waals surface area contributed by atoms with Crippen molar-refractivity contribution >= 4 is 0 Å². The molecule has 1 aliphatic rings. The molecule has 3 rings (SSSR count). The Kier molecular flexibility index (Phi) is 2.41. The van der Waals surface area contributed by atoms with Crippen molar-refractivity contribution in [2.75, 3.05) is 6.54 Å². The van der Waals surface area contributed by atoms with Crippen LogP contribution in [0, 0.1) is 0 Å². The summed E-state index contributed by atoms with van der Waals surface area (Å²) < 4.78 is 5.19. The minimum atomic E-state index is 0.538. The third-order valence-corrected chi connectivity index (χ3v) is 2.52. The Morgan fingerprint density at radius 1 is 1.50 bits per heavy atom. The number of aromatic nitrogens is 4. The number of nitrogens with one attached hydrogen (secondary N) is 1. The lowest BCUT2D eigenvalue weighted by atomic mass is 10.4. The highest BCUT2D eigenvalue weighted by molar-refractivity contribution is 5.43. The Balaban J connectivity index is 1.59. The number of nitrogens with zero attached hydrogens (tertiary/aromatic N) is 4. The molecule has 1 saturated carbocycles. The number of tetrazole rings is 1. The van der Waals surface area contributed by atoms with Crippen molar-refractivity contribution in [1.82, 2.24) is 25.5 Å². The zero-order valence-corrected chi connectivity index (χ0v) is 8.83. The first-order valence-corrected chi connectivity index (χ1v) is 5.47. The topological polar surface area (TPSA) is 68.8 Å². The molecule has 0 radical (unpaired) electrons. The van der Waals surface area contributed by atoms with Crippen LogP contribution in [0.25, 0.3) is 11.6 Å². The summed E-state index contributed by atoms with van der Waals surface area (Å²) in [6.45, 7) is 1.63. The van der Waals surface area contributed by atoms with E-state index >= 15 is 0 Å². The summed E-state index contributed by atoms with van der Waals surface area (Å²) >= 11 is 0. The van der Waals surface area contributed by atoms with Crippen molar-refractivity contribution in [1.29, 1.82) is 0 Å². The molecule has 2 aromatic heterocycles. The van der Waals surface area contributed by atoms with Gasteiger partial charge < -0.3 is 9.73 Å². The standard InChI is InChI=1S/C10H13N5O/c1-2-9(16-7-1)10-12-14-15(13-10)6-5-11-8-3-4-8/h1-2,7-8,11H,3-6H2. The van der Waals surface area contributed by atoms with Crippen LogP contribution in [-0.4, -0.2) is 32.8 Å². The maximum atomic E-state index is 5.19. The molecule has 0 spiro atoms. The lowest BCUT2D eigenvalue weighted by Gasteiger charge is -1.99. The smallest absolute Gasteiger partial charge is 0.240 e. The first-order chi connectivity index (χ1) is 7.92. The van der Waals surface area contributed by atoms with Crippen molar-refractivity contribution in [3.63, 3.8) is 0 Å². The van der Waals surface area contributed by atoms with E-state index in [9.17, 15) is 0 Å². The van der Waals surface area contributed by atoms with Gasteiger partial charge in [-0.25, -0.2) is 0 Å². The second-order valence-corrected chi connectivity index (χ2v) is 3.91. The minimum absolute atomic E-state index is 0.538. The van der Waals surface area contributed by atoms with Crippen molar-refractivity contribution in [2.45, 2.75) is 25.4 Å². The number of furan rings is 1. The van der Waals surface area contributed by atoms with E-state index in [0.717, 1.165) is 13.1 Å². The summed E-state index contributed by atoms with van der Waals surface area (Å²) in [6, 6.07) is 4.35. The Labute approximate surface area is 92.6 Å². The summed E-state index contributed by atoms with van der Waals surface area (Å²) in [5, 5.41) is 15.5. The van der Waals surface area contributed by atoms with Gasteiger partial charge in [0.25, 0.3) is 0 Å². The maximum Gasteiger partial charge on any atom is 0.240 e. The van der Waals surface area contributed by atoms with E-state index < -0.39 is 0 Å². The second kappa shape index (κ2) is 4.05. The highest BCUT2D eigenvalue weighted by Crippen LogP contribution is 2.18. The van der Waals surface area contributed by atoms with E-state index in [-0.39, 0.29) is 0 Å². The van der Waals surface area contributed by atoms with Gasteiger partial charge in [0.2, 0.25) is 5.82 Å². The largest absolute Gasteiger partial charge is 0.461 e. The van der Waals surface area contributed by atoms with Gasteiger partial charge in [0, 0.05) is 12.6 Å². The highest BCUT2D eigenvalue weighted by atomic mass is 16.3. The lowest BCUT2D eigenvalue weighted by Crippen LogP contribution is -2.22. The molecular formula is C10H13N5O. The van der Waals surface area contributed by atoms with Crippen molar-refractivity contribution in [3.05, 3.63) is 18.4 Å². The van der Waals surface area contributed by atoms with Gasteiger partial charge in [-0.2, -0.15) is 4.80 Å². The van der Waals surface area contributed by atoms with Crippen LogP contribution < -0.4 is 5.32 Å². The second-order valence-electron chi connectivity index (χ2n) is 3.91. The van der Waals surface area contributed by atoms with Crippen LogP contribution >= 0.6 is 0 Å². The normalized spacial score (nSPS) is 15.5. The molecule has 0 aromatic carbocycles. The minimum Gasteiger partial charge on any atom is -0.461 e. The SMILES string of the molecule is c1coc(-c2nnn(CCNC3CC3)n2)c1. The third kappa shape index (κ3) is 2.11. The molecule has 0 unspecified atom stereocenters. The molecule has 1 N–H and O–H groups in total. The third-order valence-electron chi connectivity index (χ3n) is 2.52. The molecule has 1 fully saturated rings. The zero-order valence-electron chi connectivity index (χ0n) is 8.83. The summed E-state index contributed by atoms with van der Waals surface area (Å²) in [5.41, 5.74) is 0. The molecule has 1 aliphatic carbocycles. The average molecular weight is 219 g/mol. The molecule has 0 bridgehead atoms. The summed E-state index contributed by atoms with van der Waals surface area (Å²) in [6.07, 6.45) is 4.19. The first kappa shape index (κ1) is 9.53. The van der Waals surface area contributed by atoms with E-state index in [2.05, 4.69) is 20.7 Å². The molecule has 0 atom stereocenters. The van der Waals surface area contributed by atoms with Gasteiger partial charge in [-0.1, -0.05) is 0 Å². The van der Waals surface area contributed by atoms with Gasteiger partial charge in [-0.05, 0) is 30.2 Å². The van der Waals surface area contributed by atoms with Crippen LogP contribution in [0.4, 0.5) is 0 Å². The monoisotopic (exact) mass is 219 g/mol. The molecule has 0 aliphatic heterocycles. The van der Waals surface area contributed by atoms with Crippen LogP contribution in [0.15, 0.2) is 22.8 Å². The Bertz CT molecular complexity index is 445. The van der Waals surface area contributed by atoms with E-state index in [1.807, 2.05) is 12.1 Å². The highest BCUT2D eigenvalue weighted by Gasteiger charge is 2.19. The maximum absolute atomic E-state index is 5.19. The predicted molar refractivity (Wildman–Crippen MR) is 56.5 cm³/mol. The fourth-order valence-corrected chi connectivity index (χ4v) is 1.50. The molecule has 0 amide bonds. The van der Waals surface area contributed by atoms with E-state index in [0.29, 0.717) is 17.6 Å². The van der Waals surface area contributed by atoms with Crippen LogP contribution in [0.3, 0.4) is 0 Å². The van der Waals surface area contributed by atoms with Crippen molar-refractivity contribution < 1.29 is 4.42 Å². The van der Waals surface area contributed by atoms with Crippen LogP contribution in [0.5, 0.6) is 0 Å². The Morgan fingerprint density at radius 2 is 2.44 bits per heavy atom. The van der Waals surface area contributed by atoms with Crippen LogP contribution in [-0.2, 0) is 6.54 Å². The van der Waals surface area contributed by atoms with Crippen molar-refractivity contribution in [3.8, 4) is 11.6 Å². The van der Waals surface area contributed by atoms with Gasteiger partial charge in [0.05, 0.1) is 12.8 Å².